The van der Waals surface area contributed by atoms with Crippen LogP contribution in [0.25, 0.3) is 11.1 Å². The number of nitrogens with zero attached hydrogens (tertiary/aromatic N) is 2. The van der Waals surface area contributed by atoms with Gasteiger partial charge in [-0.05, 0) is 48.4 Å². The zero-order valence-corrected chi connectivity index (χ0v) is 17.6. The maximum absolute atomic E-state index is 13.2. The number of benzene rings is 2. The van der Waals surface area contributed by atoms with Gasteiger partial charge in [0, 0.05) is 42.3 Å². The predicted molar refractivity (Wildman–Crippen MR) is 119 cm³/mol. The molecule has 1 aromatic heterocycles. The number of carbonyl (C=O) groups excluding carboxylic acids is 1. The zero-order valence-electron chi connectivity index (χ0n) is 17.6. The SMILES string of the molecule is C[C@@H]1COCCN1c1ccc(-c2ccc(CC(=O)NCc3cccc(F)c3)nc2)cc1. The van der Waals surface area contributed by atoms with Crippen molar-refractivity contribution in [2.45, 2.75) is 25.9 Å². The summed E-state index contributed by atoms with van der Waals surface area (Å²) in [5.41, 5.74) is 4.70. The standard InChI is InChI=1S/C25H26FN3O2/c1-18-17-31-12-11-29(18)24-9-6-20(7-10-24)21-5-8-23(27-16-21)14-25(30)28-15-19-3-2-4-22(26)13-19/h2-10,13,16,18H,11-12,14-15,17H2,1H3,(H,28,30)/t18-/m1/s1. The van der Waals surface area contributed by atoms with Gasteiger partial charge in [0.2, 0.25) is 5.91 Å². The number of aromatic nitrogens is 1. The number of morpholine rings is 1. The van der Waals surface area contributed by atoms with Crippen molar-refractivity contribution >= 4 is 11.6 Å². The van der Waals surface area contributed by atoms with Crippen molar-refractivity contribution in [1.82, 2.24) is 10.3 Å². The van der Waals surface area contributed by atoms with Crippen LogP contribution in [0.4, 0.5) is 10.1 Å². The summed E-state index contributed by atoms with van der Waals surface area (Å²) in [4.78, 5) is 19.0. The number of nitrogens with one attached hydrogen (secondary N) is 1. The topological polar surface area (TPSA) is 54.5 Å². The van der Waals surface area contributed by atoms with Gasteiger partial charge in [-0.1, -0.05) is 30.3 Å². The van der Waals surface area contributed by atoms with Gasteiger partial charge in [0.1, 0.15) is 5.82 Å². The highest BCUT2D eigenvalue weighted by atomic mass is 19.1. The molecule has 0 spiro atoms. The Balaban J connectivity index is 1.34. The lowest BCUT2D eigenvalue weighted by Gasteiger charge is -2.35. The minimum absolute atomic E-state index is 0.145. The maximum atomic E-state index is 13.2. The molecule has 4 rings (SSSR count). The molecule has 0 radical (unpaired) electrons. The molecule has 0 bridgehead atoms. The maximum Gasteiger partial charge on any atom is 0.226 e. The van der Waals surface area contributed by atoms with Crippen molar-refractivity contribution in [3.05, 3.63) is 83.9 Å². The van der Waals surface area contributed by atoms with Crippen molar-refractivity contribution < 1.29 is 13.9 Å². The fraction of sp³-hybridized carbons (Fsp3) is 0.280. The summed E-state index contributed by atoms with van der Waals surface area (Å²) in [5, 5.41) is 2.80. The van der Waals surface area contributed by atoms with Crippen LogP contribution in [0.3, 0.4) is 0 Å². The van der Waals surface area contributed by atoms with Crippen molar-refractivity contribution in [3.63, 3.8) is 0 Å². The summed E-state index contributed by atoms with van der Waals surface area (Å²) in [6.07, 6.45) is 1.98. The summed E-state index contributed by atoms with van der Waals surface area (Å²) in [6, 6.07) is 18.9. The average Bonchev–Trinajstić information content (AvgIpc) is 2.79. The van der Waals surface area contributed by atoms with E-state index in [0.29, 0.717) is 18.3 Å². The number of anilines is 1. The molecular formula is C25H26FN3O2. The molecule has 1 aliphatic rings. The Labute approximate surface area is 181 Å². The number of carbonyl (C=O) groups is 1. The molecule has 1 fully saturated rings. The van der Waals surface area contributed by atoms with Gasteiger partial charge in [-0.2, -0.15) is 0 Å². The molecule has 1 aliphatic heterocycles. The second kappa shape index (κ2) is 9.71. The third-order valence-electron chi connectivity index (χ3n) is 5.45. The van der Waals surface area contributed by atoms with Crippen LogP contribution in [0, 0.1) is 5.82 Å². The Bertz CT molecular complexity index is 1020. The first-order valence-corrected chi connectivity index (χ1v) is 10.5. The van der Waals surface area contributed by atoms with Crippen LogP contribution < -0.4 is 10.2 Å². The van der Waals surface area contributed by atoms with Gasteiger partial charge in [0.25, 0.3) is 0 Å². The summed E-state index contributed by atoms with van der Waals surface area (Å²) in [7, 11) is 0. The lowest BCUT2D eigenvalue weighted by Crippen LogP contribution is -2.43. The molecule has 0 unspecified atom stereocenters. The first kappa shape index (κ1) is 21.0. The Hall–Kier alpha value is -3.25. The molecule has 1 saturated heterocycles. The second-order valence-electron chi connectivity index (χ2n) is 7.79. The highest BCUT2D eigenvalue weighted by Gasteiger charge is 2.18. The largest absolute Gasteiger partial charge is 0.377 e. The van der Waals surface area contributed by atoms with Crippen molar-refractivity contribution in [1.29, 1.82) is 0 Å². The third-order valence-corrected chi connectivity index (χ3v) is 5.45. The van der Waals surface area contributed by atoms with E-state index in [1.54, 1.807) is 18.3 Å². The first-order chi connectivity index (χ1) is 15.1. The van der Waals surface area contributed by atoms with Crippen molar-refractivity contribution in [2.24, 2.45) is 0 Å². The molecule has 1 N–H and O–H groups in total. The van der Waals surface area contributed by atoms with Gasteiger partial charge >= 0.3 is 0 Å². The van der Waals surface area contributed by atoms with Gasteiger partial charge in [-0.25, -0.2) is 4.39 Å². The molecule has 3 aromatic rings. The predicted octanol–water partition coefficient (Wildman–Crippen LogP) is 3.97. The quantitative estimate of drug-likeness (QED) is 0.657. The highest BCUT2D eigenvalue weighted by Crippen LogP contribution is 2.25. The van der Waals surface area contributed by atoms with E-state index >= 15 is 0 Å². The van der Waals surface area contributed by atoms with Crippen LogP contribution in [0.1, 0.15) is 18.2 Å². The molecule has 2 heterocycles. The van der Waals surface area contributed by atoms with Crippen LogP contribution in [0.2, 0.25) is 0 Å². The van der Waals surface area contributed by atoms with Crippen LogP contribution in [-0.4, -0.2) is 36.7 Å². The van der Waals surface area contributed by atoms with Gasteiger partial charge in [0.05, 0.1) is 19.6 Å². The van der Waals surface area contributed by atoms with E-state index in [-0.39, 0.29) is 18.1 Å². The van der Waals surface area contributed by atoms with Gasteiger partial charge in [-0.3, -0.25) is 9.78 Å². The Morgan fingerprint density at radius 1 is 1.16 bits per heavy atom. The summed E-state index contributed by atoms with van der Waals surface area (Å²) < 4.78 is 18.7. The fourth-order valence-corrected chi connectivity index (χ4v) is 3.73. The van der Waals surface area contributed by atoms with Gasteiger partial charge in [0.15, 0.2) is 0 Å². The normalized spacial score (nSPS) is 16.2. The number of hydrogen-bond acceptors (Lipinski definition) is 4. The number of hydrogen-bond donors (Lipinski definition) is 1. The Morgan fingerprint density at radius 2 is 1.97 bits per heavy atom. The van der Waals surface area contributed by atoms with E-state index in [9.17, 15) is 9.18 Å². The summed E-state index contributed by atoms with van der Waals surface area (Å²) in [6.45, 7) is 4.88. The Kier molecular flexibility index (Phi) is 6.57. The molecule has 6 heteroatoms. The van der Waals surface area contributed by atoms with Crippen LogP contribution in [-0.2, 0) is 22.5 Å². The van der Waals surface area contributed by atoms with E-state index in [2.05, 4.69) is 46.4 Å². The van der Waals surface area contributed by atoms with E-state index in [0.717, 1.165) is 36.4 Å². The minimum Gasteiger partial charge on any atom is -0.377 e. The molecular weight excluding hydrogens is 393 g/mol. The zero-order chi connectivity index (χ0) is 21.6. The number of halogens is 1. The molecule has 1 amide bonds. The van der Waals surface area contributed by atoms with Crippen LogP contribution in [0.15, 0.2) is 66.9 Å². The molecule has 1 atom stereocenters. The smallest absolute Gasteiger partial charge is 0.226 e. The van der Waals surface area contributed by atoms with Crippen LogP contribution >= 0.6 is 0 Å². The average molecular weight is 420 g/mol. The second-order valence-corrected chi connectivity index (χ2v) is 7.79. The number of rotatable bonds is 6. The van der Waals surface area contributed by atoms with Gasteiger partial charge < -0.3 is 15.0 Å². The monoisotopic (exact) mass is 419 g/mol. The third kappa shape index (κ3) is 5.47. The molecule has 160 valence electrons. The van der Waals surface area contributed by atoms with Crippen molar-refractivity contribution in [3.8, 4) is 11.1 Å². The van der Waals surface area contributed by atoms with E-state index in [1.807, 2.05) is 12.1 Å². The molecule has 0 saturated carbocycles. The molecule has 0 aliphatic carbocycles. The molecule has 5 nitrogen and oxygen atoms in total. The van der Waals surface area contributed by atoms with Crippen molar-refractivity contribution in [2.75, 3.05) is 24.7 Å². The fourth-order valence-electron chi connectivity index (χ4n) is 3.73. The van der Waals surface area contributed by atoms with E-state index < -0.39 is 0 Å². The van der Waals surface area contributed by atoms with Gasteiger partial charge in [-0.15, -0.1) is 0 Å². The summed E-state index contributed by atoms with van der Waals surface area (Å²) >= 11 is 0. The lowest BCUT2D eigenvalue weighted by molar-refractivity contribution is -0.120. The minimum atomic E-state index is -0.309. The molecule has 2 aromatic carbocycles. The van der Waals surface area contributed by atoms with E-state index in [4.69, 9.17) is 4.74 Å². The lowest BCUT2D eigenvalue weighted by atomic mass is 10.1. The number of amides is 1. The highest BCUT2D eigenvalue weighted by molar-refractivity contribution is 5.78. The van der Waals surface area contributed by atoms with Crippen LogP contribution in [0.5, 0.6) is 0 Å². The first-order valence-electron chi connectivity index (χ1n) is 10.5. The number of ether oxygens (including phenoxy) is 1. The summed E-state index contributed by atoms with van der Waals surface area (Å²) in [5.74, 6) is -0.454. The Morgan fingerprint density at radius 3 is 2.68 bits per heavy atom. The van der Waals surface area contributed by atoms with E-state index in [1.165, 1.54) is 17.8 Å². The number of pyridine rings is 1. The molecule has 31 heavy (non-hydrogen) atoms.